The van der Waals surface area contributed by atoms with Gasteiger partial charge in [-0.05, 0) is 50.5 Å². The van der Waals surface area contributed by atoms with Gasteiger partial charge in [-0.2, -0.15) is 0 Å². The van der Waals surface area contributed by atoms with E-state index in [1.807, 2.05) is 66.4 Å². The van der Waals surface area contributed by atoms with Gasteiger partial charge in [-0.3, -0.25) is 4.79 Å². The summed E-state index contributed by atoms with van der Waals surface area (Å²) in [6.45, 7) is 4.08. The van der Waals surface area contributed by atoms with Gasteiger partial charge in [0.25, 0.3) is 5.91 Å². The zero-order valence-corrected chi connectivity index (χ0v) is 14.7. The Bertz CT molecular complexity index is 681. The molecule has 0 spiro atoms. The van der Waals surface area contributed by atoms with Crippen LogP contribution in [0.1, 0.15) is 36.5 Å². The van der Waals surface area contributed by atoms with Gasteiger partial charge in [0, 0.05) is 19.7 Å². The first-order valence-corrected chi connectivity index (χ1v) is 9.00. The molecule has 0 N–H and O–H groups in total. The van der Waals surface area contributed by atoms with Gasteiger partial charge in [-0.1, -0.05) is 30.3 Å². The van der Waals surface area contributed by atoms with Crippen molar-refractivity contribution in [2.75, 3.05) is 19.7 Å². The summed E-state index contributed by atoms with van der Waals surface area (Å²) in [6, 6.07) is 17.0. The number of nitrogens with zero attached hydrogens (tertiary/aromatic N) is 1. The third-order valence-corrected chi connectivity index (χ3v) is 4.46. The topological polar surface area (TPSA) is 38.8 Å². The van der Waals surface area contributed by atoms with E-state index in [1.54, 1.807) is 0 Å². The fourth-order valence-corrected chi connectivity index (χ4v) is 3.07. The van der Waals surface area contributed by atoms with Crippen LogP contribution in [0.25, 0.3) is 0 Å². The van der Waals surface area contributed by atoms with E-state index in [-0.39, 0.29) is 12.0 Å². The van der Waals surface area contributed by atoms with Crippen molar-refractivity contribution in [3.63, 3.8) is 0 Å². The predicted molar refractivity (Wildman–Crippen MR) is 98.1 cm³/mol. The maximum absolute atomic E-state index is 13.1. The largest absolute Gasteiger partial charge is 0.457 e. The molecule has 4 heteroatoms. The van der Waals surface area contributed by atoms with Crippen LogP contribution in [0.3, 0.4) is 0 Å². The quantitative estimate of drug-likeness (QED) is 0.777. The molecule has 25 heavy (non-hydrogen) atoms. The summed E-state index contributed by atoms with van der Waals surface area (Å²) in [4.78, 5) is 14.9. The van der Waals surface area contributed by atoms with E-state index in [0.29, 0.717) is 24.4 Å². The van der Waals surface area contributed by atoms with Crippen LogP contribution in [0.5, 0.6) is 11.5 Å². The maximum atomic E-state index is 13.1. The van der Waals surface area contributed by atoms with Crippen molar-refractivity contribution in [3.8, 4) is 11.5 Å². The fourth-order valence-electron chi connectivity index (χ4n) is 3.07. The van der Waals surface area contributed by atoms with Gasteiger partial charge in [0.2, 0.25) is 0 Å². The Balaban J connectivity index is 1.76. The summed E-state index contributed by atoms with van der Waals surface area (Å²) < 4.78 is 11.7. The number of carbonyl (C=O) groups excluding carboxylic acids is 1. The zero-order chi connectivity index (χ0) is 17.5. The van der Waals surface area contributed by atoms with Crippen LogP contribution in [-0.2, 0) is 4.74 Å². The zero-order valence-electron chi connectivity index (χ0n) is 14.7. The number of rotatable bonds is 6. The number of hydrogen-bond acceptors (Lipinski definition) is 3. The smallest absolute Gasteiger partial charge is 0.257 e. The standard InChI is InChI=1S/C21H25NO3/c1-2-22(16-18-12-8-9-15-24-18)21(23)19-13-6-7-14-20(19)25-17-10-4-3-5-11-17/h3-7,10-11,13-14,18H,2,8-9,12,15-16H2,1H3/t18-/m1/s1. The van der Waals surface area contributed by atoms with Crippen molar-refractivity contribution in [3.05, 3.63) is 60.2 Å². The van der Waals surface area contributed by atoms with Crippen molar-refractivity contribution in [1.29, 1.82) is 0 Å². The molecule has 1 amide bonds. The molecule has 0 aromatic heterocycles. The first kappa shape index (κ1) is 17.5. The summed E-state index contributed by atoms with van der Waals surface area (Å²) >= 11 is 0. The summed E-state index contributed by atoms with van der Waals surface area (Å²) in [6.07, 6.45) is 3.44. The Labute approximate surface area is 149 Å². The molecule has 0 radical (unpaired) electrons. The SMILES string of the molecule is CCN(C[C@H]1CCCCO1)C(=O)c1ccccc1Oc1ccccc1. The summed E-state index contributed by atoms with van der Waals surface area (Å²) in [5, 5.41) is 0. The first-order valence-electron chi connectivity index (χ1n) is 9.00. The van der Waals surface area contributed by atoms with Crippen LogP contribution >= 0.6 is 0 Å². The van der Waals surface area contributed by atoms with E-state index in [2.05, 4.69) is 0 Å². The molecular weight excluding hydrogens is 314 g/mol. The summed E-state index contributed by atoms with van der Waals surface area (Å²) in [5.74, 6) is 1.30. The van der Waals surface area contributed by atoms with Crippen molar-refractivity contribution >= 4 is 5.91 Å². The molecule has 1 aliphatic heterocycles. The Kier molecular flexibility index (Phi) is 6.07. The minimum Gasteiger partial charge on any atom is -0.457 e. The van der Waals surface area contributed by atoms with Crippen LogP contribution in [0.4, 0.5) is 0 Å². The Morgan fingerprint density at radius 3 is 2.60 bits per heavy atom. The average molecular weight is 339 g/mol. The van der Waals surface area contributed by atoms with E-state index >= 15 is 0 Å². The molecule has 1 heterocycles. The first-order chi connectivity index (χ1) is 12.3. The average Bonchev–Trinajstić information content (AvgIpc) is 2.68. The molecule has 4 nitrogen and oxygen atoms in total. The van der Waals surface area contributed by atoms with Gasteiger partial charge in [-0.25, -0.2) is 0 Å². The van der Waals surface area contributed by atoms with E-state index < -0.39 is 0 Å². The van der Waals surface area contributed by atoms with E-state index in [9.17, 15) is 4.79 Å². The molecule has 132 valence electrons. The number of ether oxygens (including phenoxy) is 2. The molecule has 1 aliphatic rings. The Morgan fingerprint density at radius 2 is 1.88 bits per heavy atom. The second-order valence-corrected chi connectivity index (χ2v) is 6.24. The lowest BCUT2D eigenvalue weighted by molar-refractivity contribution is -0.00316. The Morgan fingerprint density at radius 1 is 1.12 bits per heavy atom. The van der Waals surface area contributed by atoms with Crippen LogP contribution in [0.2, 0.25) is 0 Å². The highest BCUT2D eigenvalue weighted by molar-refractivity contribution is 5.97. The molecular formula is C21H25NO3. The van der Waals surface area contributed by atoms with Crippen molar-refractivity contribution in [2.24, 2.45) is 0 Å². The molecule has 0 aliphatic carbocycles. The number of hydrogen-bond donors (Lipinski definition) is 0. The molecule has 3 rings (SSSR count). The third kappa shape index (κ3) is 4.60. The maximum Gasteiger partial charge on any atom is 0.257 e. The fraction of sp³-hybridized carbons (Fsp3) is 0.381. The second-order valence-electron chi connectivity index (χ2n) is 6.24. The van der Waals surface area contributed by atoms with Gasteiger partial charge >= 0.3 is 0 Å². The highest BCUT2D eigenvalue weighted by Gasteiger charge is 2.23. The summed E-state index contributed by atoms with van der Waals surface area (Å²) in [7, 11) is 0. The van der Waals surface area contributed by atoms with Gasteiger partial charge in [0.1, 0.15) is 11.5 Å². The number of amides is 1. The molecule has 0 saturated carbocycles. The van der Waals surface area contributed by atoms with Crippen LogP contribution < -0.4 is 4.74 Å². The second kappa shape index (κ2) is 8.67. The third-order valence-electron chi connectivity index (χ3n) is 4.46. The molecule has 0 unspecified atom stereocenters. The normalized spacial score (nSPS) is 17.1. The monoisotopic (exact) mass is 339 g/mol. The summed E-state index contributed by atoms with van der Waals surface area (Å²) in [5.41, 5.74) is 0.587. The molecule has 1 saturated heterocycles. The molecule has 0 bridgehead atoms. The van der Waals surface area contributed by atoms with Crippen LogP contribution in [0.15, 0.2) is 54.6 Å². The van der Waals surface area contributed by atoms with Crippen molar-refractivity contribution < 1.29 is 14.3 Å². The lowest BCUT2D eigenvalue weighted by Gasteiger charge is -2.29. The highest BCUT2D eigenvalue weighted by Crippen LogP contribution is 2.26. The van der Waals surface area contributed by atoms with Crippen molar-refractivity contribution in [1.82, 2.24) is 4.90 Å². The molecule has 1 fully saturated rings. The van der Waals surface area contributed by atoms with Crippen molar-refractivity contribution in [2.45, 2.75) is 32.3 Å². The highest BCUT2D eigenvalue weighted by atomic mass is 16.5. The lowest BCUT2D eigenvalue weighted by atomic mass is 10.1. The number of carbonyl (C=O) groups is 1. The predicted octanol–water partition coefficient (Wildman–Crippen LogP) is 4.51. The lowest BCUT2D eigenvalue weighted by Crippen LogP contribution is -2.39. The molecule has 1 atom stereocenters. The minimum absolute atomic E-state index is 0.0109. The molecule has 2 aromatic carbocycles. The Hall–Kier alpha value is -2.33. The van der Waals surface area contributed by atoms with Gasteiger partial charge < -0.3 is 14.4 Å². The minimum atomic E-state index is -0.0109. The van der Waals surface area contributed by atoms with Gasteiger partial charge in [0.05, 0.1) is 11.7 Å². The van der Waals surface area contributed by atoms with Crippen LogP contribution in [-0.4, -0.2) is 36.6 Å². The number of para-hydroxylation sites is 2. The molecule has 2 aromatic rings. The van der Waals surface area contributed by atoms with E-state index in [4.69, 9.17) is 9.47 Å². The number of likely N-dealkylation sites (N-methyl/N-ethyl adjacent to an activating group) is 1. The van der Waals surface area contributed by atoms with Gasteiger partial charge in [-0.15, -0.1) is 0 Å². The van der Waals surface area contributed by atoms with Crippen LogP contribution in [0, 0.1) is 0 Å². The van der Waals surface area contributed by atoms with E-state index in [0.717, 1.165) is 25.2 Å². The van der Waals surface area contributed by atoms with Gasteiger partial charge in [0.15, 0.2) is 0 Å². The van der Waals surface area contributed by atoms with E-state index in [1.165, 1.54) is 6.42 Å². The number of benzene rings is 2.